The van der Waals surface area contributed by atoms with Gasteiger partial charge in [0.25, 0.3) is 0 Å². The van der Waals surface area contributed by atoms with Gasteiger partial charge in [-0.1, -0.05) is 36.4 Å². The molecule has 2 fully saturated rings. The maximum atomic E-state index is 14.0. The van der Waals surface area contributed by atoms with Crippen molar-refractivity contribution >= 4 is 18.8 Å². The van der Waals surface area contributed by atoms with E-state index in [0.29, 0.717) is 6.04 Å². The molecule has 2 saturated heterocycles. The molecule has 0 amide bonds. The van der Waals surface area contributed by atoms with E-state index in [1.54, 1.807) is 0 Å². The second-order valence-corrected chi connectivity index (χ2v) is 8.36. The van der Waals surface area contributed by atoms with Crippen molar-refractivity contribution in [1.29, 1.82) is 0 Å². The van der Waals surface area contributed by atoms with Crippen molar-refractivity contribution in [1.82, 2.24) is 4.67 Å². The van der Waals surface area contributed by atoms with Gasteiger partial charge in [0.2, 0.25) is 0 Å². The van der Waals surface area contributed by atoms with E-state index in [4.69, 9.17) is 0 Å². The van der Waals surface area contributed by atoms with Crippen LogP contribution >= 0.6 is 7.79 Å². The number of para-hydroxylation sites is 1. The second-order valence-electron chi connectivity index (χ2n) is 5.76. The number of hydrogen-bond donors (Lipinski definition) is 0. The topological polar surface area (TPSA) is 29.5 Å². The summed E-state index contributed by atoms with van der Waals surface area (Å²) in [5.41, 5.74) is 1.07. The first-order valence-corrected chi connectivity index (χ1v) is 9.17. The largest absolute Gasteiger partial charge is 0.642 e. The third-order valence-electron chi connectivity index (χ3n) is 4.55. The zero-order valence-electron chi connectivity index (χ0n) is 11.9. The van der Waals surface area contributed by atoms with Crippen molar-refractivity contribution < 1.29 is 4.89 Å². The van der Waals surface area contributed by atoms with E-state index < -0.39 is 7.79 Å². The van der Waals surface area contributed by atoms with Crippen LogP contribution in [0.4, 0.5) is 5.69 Å². The first-order valence-electron chi connectivity index (χ1n) is 7.56. The molecule has 21 heavy (non-hydrogen) atoms. The Bertz CT molecular complexity index is 621. The molecule has 0 aliphatic carbocycles. The van der Waals surface area contributed by atoms with Gasteiger partial charge in [0.15, 0.2) is 7.79 Å². The number of nitrogens with zero attached hydrogens (tertiary/aromatic N) is 2. The second kappa shape index (κ2) is 5.10. The minimum Gasteiger partial charge on any atom is -0.642 e. The van der Waals surface area contributed by atoms with Gasteiger partial charge in [-0.25, -0.2) is 4.67 Å². The Morgan fingerprint density at radius 1 is 0.952 bits per heavy atom. The van der Waals surface area contributed by atoms with Crippen molar-refractivity contribution in [2.45, 2.75) is 18.9 Å². The van der Waals surface area contributed by atoms with Gasteiger partial charge in [-0.2, -0.15) is 4.67 Å². The molecule has 0 spiro atoms. The van der Waals surface area contributed by atoms with Crippen molar-refractivity contribution in [2.24, 2.45) is 0 Å². The minimum absolute atomic E-state index is 0.427. The Morgan fingerprint density at radius 3 is 2.33 bits per heavy atom. The van der Waals surface area contributed by atoms with Crippen LogP contribution in [0.1, 0.15) is 12.8 Å². The predicted molar refractivity (Wildman–Crippen MR) is 86.5 cm³/mol. The van der Waals surface area contributed by atoms with E-state index >= 15 is 0 Å². The van der Waals surface area contributed by atoms with Crippen molar-refractivity contribution in [3.63, 3.8) is 0 Å². The van der Waals surface area contributed by atoms with Crippen molar-refractivity contribution in [3.8, 4) is 0 Å². The van der Waals surface area contributed by atoms with Gasteiger partial charge in [0.05, 0.1) is 18.3 Å². The molecule has 2 aliphatic heterocycles. The lowest BCUT2D eigenvalue weighted by Gasteiger charge is -2.39. The lowest BCUT2D eigenvalue weighted by molar-refractivity contribution is -0.176. The molecule has 4 rings (SSSR count). The van der Waals surface area contributed by atoms with Crippen LogP contribution in [0, 0.1) is 0 Å². The predicted octanol–water partition coefficient (Wildman–Crippen LogP) is 2.42. The first kappa shape index (κ1) is 13.3. The Balaban J connectivity index is 1.83. The summed E-state index contributed by atoms with van der Waals surface area (Å²) in [6, 6.07) is 20.6. The van der Waals surface area contributed by atoms with E-state index in [0.717, 1.165) is 36.9 Å². The van der Waals surface area contributed by atoms with Crippen LogP contribution in [0.25, 0.3) is 0 Å². The molecule has 0 saturated carbocycles. The zero-order chi connectivity index (χ0) is 14.3. The third kappa shape index (κ3) is 2.00. The molecule has 2 aromatic carbocycles. The standard InChI is InChI=1S/C17H19N2OP/c20-21(17-11-5-2-6-12-17)18-13-7-10-16(18)14-19(21)15-8-3-1-4-9-15/h1-6,8-9,11-12,16H,7,10,13-14H2/t16-,21?/m0/s1. The molecular formula is C17H19N2OP. The van der Waals surface area contributed by atoms with Gasteiger partial charge in [0.1, 0.15) is 5.30 Å². The van der Waals surface area contributed by atoms with E-state index in [-0.39, 0.29) is 0 Å². The quantitative estimate of drug-likeness (QED) is 0.798. The van der Waals surface area contributed by atoms with Crippen LogP contribution in [0.5, 0.6) is 0 Å². The normalized spacial score (nSPS) is 28.8. The van der Waals surface area contributed by atoms with Gasteiger partial charge >= 0.3 is 0 Å². The first-order chi connectivity index (χ1) is 10.3. The van der Waals surface area contributed by atoms with Gasteiger partial charge < -0.3 is 4.89 Å². The number of rotatable bonds is 2. The highest BCUT2D eigenvalue weighted by Gasteiger charge is 2.55. The highest BCUT2D eigenvalue weighted by Crippen LogP contribution is 2.64. The number of fused-ring (bicyclic) bond motifs is 1. The fourth-order valence-electron chi connectivity index (χ4n) is 3.58. The average Bonchev–Trinajstić information content (AvgIpc) is 3.12. The maximum absolute atomic E-state index is 14.0. The van der Waals surface area contributed by atoms with Gasteiger partial charge in [0, 0.05) is 6.54 Å². The lowest BCUT2D eigenvalue weighted by atomic mass is 10.2. The summed E-state index contributed by atoms with van der Waals surface area (Å²) in [6.07, 6.45) is 2.31. The summed E-state index contributed by atoms with van der Waals surface area (Å²) in [4.78, 5) is 14.0. The van der Waals surface area contributed by atoms with Gasteiger partial charge in [-0.05, 0) is 37.1 Å². The summed E-state index contributed by atoms with van der Waals surface area (Å²) in [5.74, 6) is 0. The van der Waals surface area contributed by atoms with E-state index in [1.807, 2.05) is 48.5 Å². The molecule has 4 heteroatoms. The Hall–Kier alpha value is -1.41. The molecule has 2 aliphatic rings. The maximum Gasteiger partial charge on any atom is 0.164 e. The molecule has 3 nitrogen and oxygen atoms in total. The SMILES string of the molecule is [O-][P+]1(c2ccccc2)N(c2ccccc2)C[C@@H]2CCCN21. The molecule has 0 bridgehead atoms. The molecular weight excluding hydrogens is 279 g/mol. The smallest absolute Gasteiger partial charge is 0.164 e. The van der Waals surface area contributed by atoms with Crippen LogP contribution in [-0.4, -0.2) is 23.8 Å². The fraction of sp³-hybridized carbons (Fsp3) is 0.294. The molecule has 2 aromatic rings. The fourth-order valence-corrected chi connectivity index (χ4v) is 6.90. The minimum atomic E-state index is -2.69. The number of benzene rings is 2. The molecule has 2 atom stereocenters. The molecule has 1 unspecified atom stereocenters. The van der Waals surface area contributed by atoms with Crippen LogP contribution in [0.15, 0.2) is 60.7 Å². The van der Waals surface area contributed by atoms with Crippen LogP contribution < -0.4 is 14.9 Å². The van der Waals surface area contributed by atoms with Crippen LogP contribution in [-0.2, 0) is 0 Å². The number of hydrogen-bond acceptors (Lipinski definition) is 3. The highest BCUT2D eigenvalue weighted by atomic mass is 31.2. The average molecular weight is 298 g/mol. The summed E-state index contributed by atoms with van der Waals surface area (Å²) < 4.78 is 4.40. The van der Waals surface area contributed by atoms with Gasteiger partial charge in [-0.15, -0.1) is 0 Å². The zero-order valence-corrected chi connectivity index (χ0v) is 12.8. The molecule has 0 aromatic heterocycles. The van der Waals surface area contributed by atoms with Crippen LogP contribution in [0.3, 0.4) is 0 Å². The highest BCUT2D eigenvalue weighted by molar-refractivity contribution is 7.76. The molecule has 0 N–H and O–H groups in total. The Morgan fingerprint density at radius 2 is 1.62 bits per heavy atom. The molecule has 0 radical (unpaired) electrons. The lowest BCUT2D eigenvalue weighted by Crippen LogP contribution is -2.40. The molecule has 2 heterocycles. The summed E-state index contributed by atoms with van der Waals surface area (Å²) in [5, 5.41) is 0.957. The van der Waals surface area contributed by atoms with E-state index in [1.165, 1.54) is 0 Å². The Kier molecular flexibility index (Phi) is 3.22. The van der Waals surface area contributed by atoms with Crippen molar-refractivity contribution in [3.05, 3.63) is 60.7 Å². The number of anilines is 1. The summed E-state index contributed by atoms with van der Waals surface area (Å²) in [7, 11) is -2.69. The van der Waals surface area contributed by atoms with Crippen LogP contribution in [0.2, 0.25) is 0 Å². The summed E-state index contributed by atoms with van der Waals surface area (Å²) >= 11 is 0. The Labute approximate surface area is 126 Å². The van der Waals surface area contributed by atoms with Crippen molar-refractivity contribution in [2.75, 3.05) is 17.8 Å². The monoisotopic (exact) mass is 298 g/mol. The molecule has 108 valence electrons. The third-order valence-corrected chi connectivity index (χ3v) is 7.79. The van der Waals surface area contributed by atoms with E-state index in [2.05, 4.69) is 21.5 Å². The van der Waals surface area contributed by atoms with E-state index in [9.17, 15) is 4.89 Å². The van der Waals surface area contributed by atoms with Gasteiger partial charge in [-0.3, -0.25) is 0 Å². The summed E-state index contributed by atoms with van der Waals surface area (Å²) in [6.45, 7) is 1.82.